The summed E-state index contributed by atoms with van der Waals surface area (Å²) in [4.78, 5) is 17.0. The molecule has 28 heavy (non-hydrogen) atoms. The van der Waals surface area contributed by atoms with Crippen molar-refractivity contribution >= 4 is 27.5 Å². The number of likely N-dealkylation sites (tertiary alicyclic amines) is 1. The van der Waals surface area contributed by atoms with Crippen molar-refractivity contribution in [1.29, 1.82) is 0 Å². The lowest BCUT2D eigenvalue weighted by molar-refractivity contribution is 0.132. The largest absolute Gasteiger partial charge is 0.486 e. The van der Waals surface area contributed by atoms with Crippen LogP contribution in [0.2, 0.25) is 5.02 Å². The Bertz CT molecular complexity index is 955. The van der Waals surface area contributed by atoms with E-state index in [0.29, 0.717) is 24.8 Å². The van der Waals surface area contributed by atoms with Gasteiger partial charge in [-0.25, -0.2) is 13.2 Å². The van der Waals surface area contributed by atoms with Gasteiger partial charge in [-0.1, -0.05) is 17.7 Å². The lowest BCUT2D eigenvalue weighted by Gasteiger charge is -2.30. The van der Waals surface area contributed by atoms with Crippen LogP contribution in [0.15, 0.2) is 41.4 Å². The number of piperidine rings is 1. The maximum Gasteiger partial charge on any atom is 0.407 e. The van der Waals surface area contributed by atoms with Crippen molar-refractivity contribution in [2.75, 3.05) is 19.3 Å². The first-order chi connectivity index (χ1) is 13.2. The minimum atomic E-state index is -3.32. The van der Waals surface area contributed by atoms with Gasteiger partial charge >= 0.3 is 6.09 Å². The normalized spacial score (nSPS) is 15.4. The van der Waals surface area contributed by atoms with Gasteiger partial charge in [0, 0.05) is 25.5 Å². The van der Waals surface area contributed by atoms with Gasteiger partial charge in [-0.3, -0.25) is 4.98 Å². The van der Waals surface area contributed by atoms with Crippen LogP contribution in [0.25, 0.3) is 0 Å². The molecule has 0 saturated carbocycles. The predicted octanol–water partition coefficient (Wildman–Crippen LogP) is 3.57. The molecule has 0 unspecified atom stereocenters. The SMILES string of the molecule is CS(=O)(=O)c1ccc(OCc2ccc(C3CCN(C(=O)O)CC3)cn2)c(Cl)c1. The van der Waals surface area contributed by atoms with Gasteiger partial charge in [-0.15, -0.1) is 0 Å². The lowest BCUT2D eigenvalue weighted by Crippen LogP contribution is -2.36. The second-order valence-electron chi connectivity index (χ2n) is 6.78. The molecule has 0 radical (unpaired) electrons. The molecule has 2 heterocycles. The zero-order valence-electron chi connectivity index (χ0n) is 15.3. The van der Waals surface area contributed by atoms with Crippen molar-refractivity contribution < 1.29 is 23.1 Å². The van der Waals surface area contributed by atoms with Gasteiger partial charge < -0.3 is 14.7 Å². The van der Waals surface area contributed by atoms with Crippen molar-refractivity contribution in [2.45, 2.75) is 30.3 Å². The molecule has 150 valence electrons. The maximum atomic E-state index is 11.5. The average molecular weight is 425 g/mol. The molecule has 0 spiro atoms. The third-order valence-electron chi connectivity index (χ3n) is 4.79. The molecular weight excluding hydrogens is 404 g/mol. The number of nitrogens with zero attached hydrogens (tertiary/aromatic N) is 2. The lowest BCUT2D eigenvalue weighted by atomic mass is 9.90. The van der Waals surface area contributed by atoms with Gasteiger partial charge in [0.2, 0.25) is 0 Å². The van der Waals surface area contributed by atoms with E-state index in [4.69, 9.17) is 21.4 Å². The van der Waals surface area contributed by atoms with Crippen molar-refractivity contribution in [1.82, 2.24) is 9.88 Å². The van der Waals surface area contributed by atoms with Gasteiger partial charge in [0.25, 0.3) is 0 Å². The minimum absolute atomic E-state index is 0.140. The predicted molar refractivity (Wildman–Crippen MR) is 105 cm³/mol. The highest BCUT2D eigenvalue weighted by Crippen LogP contribution is 2.29. The quantitative estimate of drug-likeness (QED) is 0.787. The monoisotopic (exact) mass is 424 g/mol. The molecule has 1 amide bonds. The van der Waals surface area contributed by atoms with Crippen molar-refractivity contribution in [3.05, 3.63) is 52.8 Å². The summed E-state index contributed by atoms with van der Waals surface area (Å²) in [7, 11) is -3.32. The Morgan fingerprint density at radius 2 is 2.00 bits per heavy atom. The van der Waals surface area contributed by atoms with Crippen LogP contribution in [0, 0.1) is 0 Å². The third-order valence-corrected chi connectivity index (χ3v) is 6.20. The topological polar surface area (TPSA) is 96.8 Å². The number of halogens is 1. The Balaban J connectivity index is 1.59. The Morgan fingerprint density at radius 1 is 1.29 bits per heavy atom. The molecule has 1 saturated heterocycles. The molecule has 0 bridgehead atoms. The number of aromatic nitrogens is 1. The van der Waals surface area contributed by atoms with E-state index in [2.05, 4.69) is 4.98 Å². The highest BCUT2D eigenvalue weighted by Gasteiger charge is 2.23. The van der Waals surface area contributed by atoms with Crippen LogP contribution >= 0.6 is 11.6 Å². The summed E-state index contributed by atoms with van der Waals surface area (Å²) in [5, 5.41) is 9.25. The molecule has 1 N–H and O–H groups in total. The van der Waals surface area contributed by atoms with Gasteiger partial charge in [0.05, 0.1) is 15.6 Å². The molecule has 1 aromatic heterocycles. The Kier molecular flexibility index (Phi) is 6.10. The minimum Gasteiger partial charge on any atom is -0.486 e. The molecule has 0 atom stereocenters. The van der Waals surface area contributed by atoms with E-state index < -0.39 is 15.9 Å². The number of carbonyl (C=O) groups is 1. The van der Waals surface area contributed by atoms with E-state index in [1.54, 1.807) is 6.20 Å². The van der Waals surface area contributed by atoms with E-state index in [-0.39, 0.29) is 16.5 Å². The molecule has 1 fully saturated rings. The van der Waals surface area contributed by atoms with Crippen LogP contribution in [0.3, 0.4) is 0 Å². The van der Waals surface area contributed by atoms with Gasteiger partial charge in [0.1, 0.15) is 12.4 Å². The summed E-state index contributed by atoms with van der Waals surface area (Å²) in [6.45, 7) is 1.27. The standard InChI is InChI=1S/C19H21ClN2O5S/c1-28(25,26)16-4-5-18(17(20)10-16)27-12-15-3-2-14(11-21-15)13-6-8-22(9-7-13)19(23)24/h2-5,10-11,13H,6-9,12H2,1H3,(H,23,24). The fourth-order valence-electron chi connectivity index (χ4n) is 3.15. The number of hydrogen-bond donors (Lipinski definition) is 1. The number of pyridine rings is 1. The summed E-state index contributed by atoms with van der Waals surface area (Å²) in [6.07, 6.45) is 3.62. The Hall–Kier alpha value is -2.32. The summed E-state index contributed by atoms with van der Waals surface area (Å²) in [5.74, 6) is 0.692. The number of ether oxygens (including phenoxy) is 1. The number of benzene rings is 1. The molecular formula is C19H21ClN2O5S. The van der Waals surface area contributed by atoms with E-state index in [0.717, 1.165) is 30.4 Å². The number of rotatable bonds is 5. The zero-order valence-corrected chi connectivity index (χ0v) is 16.9. The first-order valence-corrected chi connectivity index (χ1v) is 11.1. The average Bonchev–Trinajstić information content (AvgIpc) is 2.67. The molecule has 9 heteroatoms. The Labute approximate surface area is 168 Å². The van der Waals surface area contributed by atoms with E-state index in [1.807, 2.05) is 12.1 Å². The number of carboxylic acid groups (broad SMARTS) is 1. The van der Waals surface area contributed by atoms with E-state index in [1.165, 1.54) is 23.1 Å². The zero-order chi connectivity index (χ0) is 20.3. The third kappa shape index (κ3) is 4.94. The summed E-state index contributed by atoms with van der Waals surface area (Å²) < 4.78 is 28.8. The summed E-state index contributed by atoms with van der Waals surface area (Å²) in [5.41, 5.74) is 1.80. The molecule has 3 rings (SSSR count). The fourth-order valence-corrected chi connectivity index (χ4v) is 4.09. The first-order valence-electron chi connectivity index (χ1n) is 8.79. The summed E-state index contributed by atoms with van der Waals surface area (Å²) >= 11 is 6.11. The first kappa shape index (κ1) is 20.4. The second kappa shape index (κ2) is 8.36. The molecule has 7 nitrogen and oxygen atoms in total. The highest BCUT2D eigenvalue weighted by molar-refractivity contribution is 7.90. The maximum absolute atomic E-state index is 11.5. The van der Waals surface area contributed by atoms with Gasteiger partial charge in [-0.05, 0) is 48.6 Å². The van der Waals surface area contributed by atoms with Crippen molar-refractivity contribution in [2.24, 2.45) is 0 Å². The van der Waals surface area contributed by atoms with Crippen LogP contribution in [0.5, 0.6) is 5.75 Å². The van der Waals surface area contributed by atoms with E-state index >= 15 is 0 Å². The molecule has 1 aliphatic heterocycles. The van der Waals surface area contributed by atoms with Crippen molar-refractivity contribution in [3.63, 3.8) is 0 Å². The van der Waals surface area contributed by atoms with Gasteiger partial charge in [-0.2, -0.15) is 0 Å². The van der Waals surface area contributed by atoms with Crippen LogP contribution in [-0.4, -0.2) is 48.8 Å². The Morgan fingerprint density at radius 3 is 2.54 bits per heavy atom. The fraction of sp³-hybridized carbons (Fsp3) is 0.368. The number of hydrogen-bond acceptors (Lipinski definition) is 5. The highest BCUT2D eigenvalue weighted by atomic mass is 35.5. The molecule has 1 aromatic carbocycles. The van der Waals surface area contributed by atoms with Crippen LogP contribution < -0.4 is 4.74 Å². The smallest absolute Gasteiger partial charge is 0.407 e. The van der Waals surface area contributed by atoms with Crippen LogP contribution in [0.4, 0.5) is 4.79 Å². The van der Waals surface area contributed by atoms with E-state index in [9.17, 15) is 13.2 Å². The second-order valence-corrected chi connectivity index (χ2v) is 9.20. The molecule has 2 aromatic rings. The van der Waals surface area contributed by atoms with Gasteiger partial charge in [0.15, 0.2) is 9.84 Å². The number of amides is 1. The summed E-state index contributed by atoms with van der Waals surface area (Å²) in [6, 6.07) is 8.21. The van der Waals surface area contributed by atoms with Crippen LogP contribution in [-0.2, 0) is 16.4 Å². The molecule has 1 aliphatic rings. The number of sulfone groups is 1. The molecule has 0 aliphatic carbocycles. The van der Waals surface area contributed by atoms with Crippen LogP contribution in [0.1, 0.15) is 30.0 Å². The van der Waals surface area contributed by atoms with Crippen molar-refractivity contribution in [3.8, 4) is 5.75 Å².